The molecule has 1 aliphatic heterocycles. The third kappa shape index (κ3) is 6.88. The second-order valence-electron chi connectivity index (χ2n) is 4.48. The van der Waals surface area contributed by atoms with E-state index in [4.69, 9.17) is 14.2 Å². The van der Waals surface area contributed by atoms with E-state index in [1.165, 1.54) is 6.42 Å². The predicted octanol–water partition coefficient (Wildman–Crippen LogP) is 2.24. The molecule has 90 valence electrons. The highest BCUT2D eigenvalue weighted by molar-refractivity contribution is 4.68. The normalized spacial score (nSPS) is 23.8. The zero-order chi connectivity index (χ0) is 11.1. The van der Waals surface area contributed by atoms with E-state index in [0.29, 0.717) is 12.0 Å². The van der Waals surface area contributed by atoms with Crippen LogP contribution < -0.4 is 0 Å². The van der Waals surface area contributed by atoms with E-state index < -0.39 is 0 Å². The maximum absolute atomic E-state index is 5.59. The Morgan fingerprint density at radius 1 is 1.40 bits per heavy atom. The molecule has 0 saturated carbocycles. The van der Waals surface area contributed by atoms with Gasteiger partial charge in [0.2, 0.25) is 0 Å². The molecule has 3 atom stereocenters. The van der Waals surface area contributed by atoms with E-state index in [9.17, 15) is 0 Å². The Balaban J connectivity index is 1.84. The molecule has 0 radical (unpaired) electrons. The minimum absolute atomic E-state index is 0.283. The van der Waals surface area contributed by atoms with Gasteiger partial charge in [0.25, 0.3) is 0 Å². The summed E-state index contributed by atoms with van der Waals surface area (Å²) in [5.74, 6) is 0.668. The molecule has 1 fully saturated rings. The summed E-state index contributed by atoms with van der Waals surface area (Å²) in [6.45, 7) is 9.78. The van der Waals surface area contributed by atoms with Gasteiger partial charge in [-0.3, -0.25) is 0 Å². The molecular formula is C12H24O3. The van der Waals surface area contributed by atoms with Gasteiger partial charge in [0.05, 0.1) is 19.3 Å². The molecule has 0 aromatic heterocycles. The summed E-state index contributed by atoms with van der Waals surface area (Å²) in [6.07, 6.45) is 2.81. The van der Waals surface area contributed by atoms with Gasteiger partial charge in [0.15, 0.2) is 0 Å². The molecule has 1 rings (SSSR count). The summed E-state index contributed by atoms with van der Waals surface area (Å²) in [5, 5.41) is 0. The number of hydrogen-bond acceptors (Lipinski definition) is 3. The van der Waals surface area contributed by atoms with Crippen molar-refractivity contribution in [1.29, 1.82) is 0 Å². The Bertz CT molecular complexity index is 157. The summed E-state index contributed by atoms with van der Waals surface area (Å²) < 4.78 is 16.2. The number of rotatable bonds is 9. The van der Waals surface area contributed by atoms with E-state index in [-0.39, 0.29) is 6.10 Å². The lowest BCUT2D eigenvalue weighted by atomic mass is 10.1. The lowest BCUT2D eigenvalue weighted by molar-refractivity contribution is 0.0191. The van der Waals surface area contributed by atoms with Crippen molar-refractivity contribution in [3.8, 4) is 0 Å². The van der Waals surface area contributed by atoms with Gasteiger partial charge in [0.1, 0.15) is 6.10 Å². The van der Waals surface area contributed by atoms with Crippen molar-refractivity contribution in [1.82, 2.24) is 0 Å². The highest BCUT2D eigenvalue weighted by Gasteiger charge is 2.23. The smallest absolute Gasteiger partial charge is 0.104 e. The van der Waals surface area contributed by atoms with Gasteiger partial charge in [-0.1, -0.05) is 20.3 Å². The first-order chi connectivity index (χ1) is 7.22. The van der Waals surface area contributed by atoms with Gasteiger partial charge in [-0.25, -0.2) is 0 Å². The molecule has 1 aliphatic rings. The maximum atomic E-state index is 5.59. The molecule has 1 heterocycles. The van der Waals surface area contributed by atoms with Crippen LogP contribution >= 0.6 is 0 Å². The van der Waals surface area contributed by atoms with Crippen LogP contribution in [0.2, 0.25) is 0 Å². The number of hydrogen-bond donors (Lipinski definition) is 0. The summed E-state index contributed by atoms with van der Waals surface area (Å²) in [5.41, 5.74) is 0. The standard InChI is InChI=1S/C12H24O3/c1-4-10(2)7-13-6-5-11(3)14-8-12-9-15-12/h10-12H,4-9H2,1-3H3/t10-,11+,12-/m0/s1. The van der Waals surface area contributed by atoms with Crippen LogP contribution in [0.4, 0.5) is 0 Å². The van der Waals surface area contributed by atoms with E-state index >= 15 is 0 Å². The van der Waals surface area contributed by atoms with Gasteiger partial charge in [0, 0.05) is 13.2 Å². The van der Waals surface area contributed by atoms with E-state index in [1.807, 2.05) is 0 Å². The first-order valence-corrected chi connectivity index (χ1v) is 6.03. The molecule has 0 spiro atoms. The lowest BCUT2D eigenvalue weighted by Crippen LogP contribution is -2.16. The molecule has 15 heavy (non-hydrogen) atoms. The minimum Gasteiger partial charge on any atom is -0.381 e. The minimum atomic E-state index is 0.283. The lowest BCUT2D eigenvalue weighted by Gasteiger charge is -2.13. The maximum Gasteiger partial charge on any atom is 0.104 e. The average molecular weight is 216 g/mol. The zero-order valence-electron chi connectivity index (χ0n) is 10.2. The predicted molar refractivity (Wildman–Crippen MR) is 60.0 cm³/mol. The van der Waals surface area contributed by atoms with Crippen LogP contribution in [0.3, 0.4) is 0 Å². The van der Waals surface area contributed by atoms with Crippen molar-refractivity contribution in [3.63, 3.8) is 0 Å². The van der Waals surface area contributed by atoms with Crippen LogP contribution in [0.15, 0.2) is 0 Å². The quantitative estimate of drug-likeness (QED) is 0.437. The molecule has 1 saturated heterocycles. The molecular weight excluding hydrogens is 192 g/mol. The Hall–Kier alpha value is -0.120. The van der Waals surface area contributed by atoms with E-state index in [1.54, 1.807) is 0 Å². The molecule has 0 aromatic carbocycles. The van der Waals surface area contributed by atoms with E-state index in [2.05, 4.69) is 20.8 Å². The van der Waals surface area contributed by atoms with Crippen molar-refractivity contribution in [2.24, 2.45) is 5.92 Å². The largest absolute Gasteiger partial charge is 0.381 e. The van der Waals surface area contributed by atoms with Gasteiger partial charge in [-0.2, -0.15) is 0 Å². The van der Waals surface area contributed by atoms with E-state index in [0.717, 1.165) is 32.8 Å². The fourth-order valence-corrected chi connectivity index (χ4v) is 1.17. The first-order valence-electron chi connectivity index (χ1n) is 6.03. The molecule has 3 nitrogen and oxygen atoms in total. The topological polar surface area (TPSA) is 31.0 Å². The molecule has 0 bridgehead atoms. The summed E-state index contributed by atoms with van der Waals surface area (Å²) in [6, 6.07) is 0. The Labute approximate surface area is 93.1 Å². The van der Waals surface area contributed by atoms with Crippen LogP contribution in [0.5, 0.6) is 0 Å². The fourth-order valence-electron chi connectivity index (χ4n) is 1.17. The highest BCUT2D eigenvalue weighted by Crippen LogP contribution is 2.11. The van der Waals surface area contributed by atoms with Crippen LogP contribution in [0.25, 0.3) is 0 Å². The Morgan fingerprint density at radius 3 is 2.73 bits per heavy atom. The average Bonchev–Trinajstić information content (AvgIpc) is 3.04. The van der Waals surface area contributed by atoms with Gasteiger partial charge >= 0.3 is 0 Å². The fraction of sp³-hybridized carbons (Fsp3) is 1.00. The van der Waals surface area contributed by atoms with Crippen molar-refractivity contribution in [2.75, 3.05) is 26.4 Å². The second-order valence-corrected chi connectivity index (χ2v) is 4.48. The molecule has 0 unspecified atom stereocenters. The summed E-state index contributed by atoms with van der Waals surface area (Å²) in [4.78, 5) is 0. The van der Waals surface area contributed by atoms with Crippen LogP contribution in [0, 0.1) is 5.92 Å². The first kappa shape index (κ1) is 12.9. The highest BCUT2D eigenvalue weighted by atomic mass is 16.6. The monoisotopic (exact) mass is 216 g/mol. The third-order valence-corrected chi connectivity index (χ3v) is 2.74. The molecule has 0 N–H and O–H groups in total. The Kier molecular flexibility index (Phi) is 6.22. The van der Waals surface area contributed by atoms with Crippen LogP contribution in [-0.2, 0) is 14.2 Å². The summed E-state index contributed by atoms with van der Waals surface area (Å²) >= 11 is 0. The third-order valence-electron chi connectivity index (χ3n) is 2.74. The Morgan fingerprint density at radius 2 is 2.13 bits per heavy atom. The van der Waals surface area contributed by atoms with Crippen LogP contribution in [-0.4, -0.2) is 38.6 Å². The van der Waals surface area contributed by atoms with Crippen LogP contribution in [0.1, 0.15) is 33.6 Å². The van der Waals surface area contributed by atoms with Crippen molar-refractivity contribution >= 4 is 0 Å². The zero-order valence-corrected chi connectivity index (χ0v) is 10.2. The molecule has 3 heteroatoms. The van der Waals surface area contributed by atoms with Gasteiger partial charge < -0.3 is 14.2 Å². The molecule has 0 amide bonds. The SMILES string of the molecule is CC[C@H](C)COCC[C@@H](C)OC[C@H]1CO1. The van der Waals surface area contributed by atoms with Gasteiger partial charge in [-0.15, -0.1) is 0 Å². The molecule has 0 aliphatic carbocycles. The summed E-state index contributed by atoms with van der Waals surface area (Å²) in [7, 11) is 0. The van der Waals surface area contributed by atoms with Crippen molar-refractivity contribution in [2.45, 2.75) is 45.8 Å². The number of epoxide rings is 1. The van der Waals surface area contributed by atoms with Gasteiger partial charge in [-0.05, 0) is 19.3 Å². The number of ether oxygens (including phenoxy) is 3. The van der Waals surface area contributed by atoms with Crippen molar-refractivity contribution in [3.05, 3.63) is 0 Å². The van der Waals surface area contributed by atoms with Crippen molar-refractivity contribution < 1.29 is 14.2 Å². The molecule has 0 aromatic rings. The second kappa shape index (κ2) is 7.20.